The van der Waals surface area contributed by atoms with Crippen LogP contribution in [-0.4, -0.2) is 6.29 Å². The van der Waals surface area contributed by atoms with E-state index in [1.54, 1.807) is 0 Å². The van der Waals surface area contributed by atoms with Gasteiger partial charge in [0.2, 0.25) is 0 Å². The molecule has 0 fully saturated rings. The van der Waals surface area contributed by atoms with Gasteiger partial charge >= 0.3 is 0 Å². The molecule has 1 heterocycles. The van der Waals surface area contributed by atoms with E-state index in [2.05, 4.69) is 0 Å². The van der Waals surface area contributed by atoms with Gasteiger partial charge in [-0.1, -0.05) is 29.8 Å². The molecule has 2 heteroatoms. The molecule has 2 rings (SSSR count). The first-order valence-corrected chi connectivity index (χ1v) is 4.89. The summed E-state index contributed by atoms with van der Waals surface area (Å²) in [5.74, 6) is 1.52. The summed E-state index contributed by atoms with van der Waals surface area (Å²) in [5.41, 5.74) is 2.26. The molecule has 0 bridgehead atoms. The lowest BCUT2D eigenvalue weighted by molar-refractivity contribution is -0.107. The van der Waals surface area contributed by atoms with Gasteiger partial charge in [0.1, 0.15) is 17.8 Å². The van der Waals surface area contributed by atoms with E-state index in [-0.39, 0.29) is 0 Å². The molecule has 0 N–H and O–H groups in total. The van der Waals surface area contributed by atoms with Crippen molar-refractivity contribution in [3.8, 4) is 11.3 Å². The Bertz CT molecular complexity index is 452. The normalized spacial score (nSPS) is 10.2. The topological polar surface area (TPSA) is 30.2 Å². The Labute approximate surface area is 88.5 Å². The molecule has 0 unspecified atom stereocenters. The highest BCUT2D eigenvalue weighted by Gasteiger charge is 2.03. The van der Waals surface area contributed by atoms with Crippen molar-refractivity contribution in [1.29, 1.82) is 0 Å². The van der Waals surface area contributed by atoms with Gasteiger partial charge < -0.3 is 9.21 Å². The lowest BCUT2D eigenvalue weighted by atomic mass is 10.1. The standard InChI is InChI=1S/C13H12O2/c1-10-2-4-11(5-3-10)13-7-6-12(15-13)8-9-14/h2-7,9H,8H2,1H3. The van der Waals surface area contributed by atoms with Crippen LogP contribution < -0.4 is 0 Å². The Morgan fingerprint density at radius 3 is 2.53 bits per heavy atom. The van der Waals surface area contributed by atoms with Crippen molar-refractivity contribution in [2.75, 3.05) is 0 Å². The SMILES string of the molecule is Cc1ccc(-c2ccc(CC=O)o2)cc1. The number of hydrogen-bond donors (Lipinski definition) is 0. The average molecular weight is 200 g/mol. The van der Waals surface area contributed by atoms with Gasteiger partial charge in [0.15, 0.2) is 0 Å². The number of aryl methyl sites for hydroxylation is 1. The van der Waals surface area contributed by atoms with Crippen molar-refractivity contribution in [1.82, 2.24) is 0 Å². The summed E-state index contributed by atoms with van der Waals surface area (Å²) in [6.45, 7) is 2.05. The van der Waals surface area contributed by atoms with Crippen LogP contribution in [-0.2, 0) is 11.2 Å². The summed E-state index contributed by atoms with van der Waals surface area (Å²) >= 11 is 0. The van der Waals surface area contributed by atoms with Crippen molar-refractivity contribution >= 4 is 6.29 Å². The molecule has 0 radical (unpaired) electrons. The Balaban J connectivity index is 2.28. The summed E-state index contributed by atoms with van der Waals surface area (Å²) in [6, 6.07) is 11.8. The van der Waals surface area contributed by atoms with E-state index in [4.69, 9.17) is 4.42 Å². The van der Waals surface area contributed by atoms with Gasteiger partial charge in [-0.25, -0.2) is 0 Å². The average Bonchev–Trinajstić information content (AvgIpc) is 2.68. The number of rotatable bonds is 3. The van der Waals surface area contributed by atoms with E-state index < -0.39 is 0 Å². The Kier molecular flexibility index (Phi) is 2.68. The van der Waals surface area contributed by atoms with E-state index in [0.29, 0.717) is 12.2 Å². The lowest BCUT2D eigenvalue weighted by Gasteiger charge is -1.97. The van der Waals surface area contributed by atoms with Crippen LogP contribution in [0.25, 0.3) is 11.3 Å². The minimum atomic E-state index is 0.339. The fourth-order valence-corrected chi connectivity index (χ4v) is 1.44. The third kappa shape index (κ3) is 2.15. The molecule has 76 valence electrons. The zero-order valence-electron chi connectivity index (χ0n) is 8.57. The molecule has 0 aliphatic carbocycles. The van der Waals surface area contributed by atoms with Crippen molar-refractivity contribution < 1.29 is 9.21 Å². The van der Waals surface area contributed by atoms with Crippen LogP contribution in [0.3, 0.4) is 0 Å². The number of carbonyl (C=O) groups is 1. The highest BCUT2D eigenvalue weighted by molar-refractivity contribution is 5.59. The smallest absolute Gasteiger partial charge is 0.134 e. The summed E-state index contributed by atoms with van der Waals surface area (Å²) in [5, 5.41) is 0. The van der Waals surface area contributed by atoms with E-state index in [1.165, 1.54) is 5.56 Å². The second-order valence-electron chi connectivity index (χ2n) is 3.50. The summed E-state index contributed by atoms with van der Waals surface area (Å²) < 4.78 is 5.52. The largest absolute Gasteiger partial charge is 0.461 e. The molecule has 2 aromatic rings. The lowest BCUT2D eigenvalue weighted by Crippen LogP contribution is -1.79. The van der Waals surface area contributed by atoms with E-state index in [0.717, 1.165) is 17.6 Å². The van der Waals surface area contributed by atoms with E-state index in [9.17, 15) is 4.79 Å². The highest BCUT2D eigenvalue weighted by Crippen LogP contribution is 2.22. The van der Waals surface area contributed by atoms with Crippen molar-refractivity contribution in [2.24, 2.45) is 0 Å². The first kappa shape index (κ1) is 9.71. The maximum Gasteiger partial charge on any atom is 0.134 e. The summed E-state index contributed by atoms with van der Waals surface area (Å²) in [7, 11) is 0. The molecule has 2 nitrogen and oxygen atoms in total. The van der Waals surface area contributed by atoms with Gasteiger partial charge in [0.25, 0.3) is 0 Å². The minimum absolute atomic E-state index is 0.339. The monoisotopic (exact) mass is 200 g/mol. The summed E-state index contributed by atoms with van der Waals surface area (Å²) in [6.07, 6.45) is 1.18. The van der Waals surface area contributed by atoms with Crippen LogP contribution >= 0.6 is 0 Å². The second-order valence-corrected chi connectivity index (χ2v) is 3.50. The Morgan fingerprint density at radius 1 is 1.13 bits per heavy atom. The molecule has 0 spiro atoms. The van der Waals surface area contributed by atoms with Gasteiger partial charge in [0, 0.05) is 5.56 Å². The van der Waals surface area contributed by atoms with Gasteiger partial charge in [-0.3, -0.25) is 0 Å². The molecule has 0 saturated heterocycles. The molecule has 1 aromatic carbocycles. The minimum Gasteiger partial charge on any atom is -0.461 e. The van der Waals surface area contributed by atoms with Crippen molar-refractivity contribution in [3.63, 3.8) is 0 Å². The van der Waals surface area contributed by atoms with Gasteiger partial charge in [-0.05, 0) is 19.1 Å². The third-order valence-electron chi connectivity index (χ3n) is 2.28. The molecule has 1 aromatic heterocycles. The van der Waals surface area contributed by atoms with Crippen LogP contribution in [0, 0.1) is 6.92 Å². The number of furan rings is 1. The van der Waals surface area contributed by atoms with Gasteiger partial charge in [0.05, 0.1) is 6.42 Å². The molecule has 0 atom stereocenters. The number of hydrogen-bond acceptors (Lipinski definition) is 2. The van der Waals surface area contributed by atoms with E-state index in [1.807, 2.05) is 43.3 Å². The molecule has 0 saturated carbocycles. The predicted octanol–water partition coefficient (Wildman–Crippen LogP) is 3.00. The van der Waals surface area contributed by atoms with Crippen LogP contribution in [0.2, 0.25) is 0 Å². The van der Waals surface area contributed by atoms with Gasteiger partial charge in [-0.15, -0.1) is 0 Å². The fourth-order valence-electron chi connectivity index (χ4n) is 1.44. The third-order valence-corrected chi connectivity index (χ3v) is 2.28. The van der Waals surface area contributed by atoms with Crippen LogP contribution in [0.5, 0.6) is 0 Å². The predicted molar refractivity (Wildman–Crippen MR) is 58.6 cm³/mol. The molecular weight excluding hydrogens is 188 g/mol. The number of benzene rings is 1. The fraction of sp³-hybridized carbons (Fsp3) is 0.154. The zero-order chi connectivity index (χ0) is 10.7. The highest BCUT2D eigenvalue weighted by atomic mass is 16.3. The molecule has 0 aliphatic rings. The van der Waals surface area contributed by atoms with Crippen LogP contribution in [0.4, 0.5) is 0 Å². The summed E-state index contributed by atoms with van der Waals surface area (Å²) in [4.78, 5) is 10.3. The first-order chi connectivity index (χ1) is 7.29. The maximum atomic E-state index is 10.3. The quantitative estimate of drug-likeness (QED) is 0.713. The van der Waals surface area contributed by atoms with E-state index >= 15 is 0 Å². The molecule has 15 heavy (non-hydrogen) atoms. The van der Waals surface area contributed by atoms with Gasteiger partial charge in [-0.2, -0.15) is 0 Å². The van der Waals surface area contributed by atoms with Crippen molar-refractivity contribution in [3.05, 3.63) is 47.7 Å². The van der Waals surface area contributed by atoms with Crippen molar-refractivity contribution in [2.45, 2.75) is 13.3 Å². The maximum absolute atomic E-state index is 10.3. The second kappa shape index (κ2) is 4.13. The Hall–Kier alpha value is -1.83. The Morgan fingerprint density at radius 2 is 1.87 bits per heavy atom. The van der Waals surface area contributed by atoms with Crippen LogP contribution in [0.1, 0.15) is 11.3 Å². The number of carbonyl (C=O) groups excluding carboxylic acids is 1. The molecular formula is C13H12O2. The first-order valence-electron chi connectivity index (χ1n) is 4.89. The van der Waals surface area contributed by atoms with Crippen LogP contribution in [0.15, 0.2) is 40.8 Å². The zero-order valence-corrected chi connectivity index (χ0v) is 8.57. The molecule has 0 amide bonds. The molecule has 0 aliphatic heterocycles. The number of aldehydes is 1.